The smallest absolute Gasteiger partial charge is 0.0766 e. The Morgan fingerprint density at radius 2 is 1.95 bits per heavy atom. The molecule has 1 aromatic rings. The second-order valence-corrected chi connectivity index (χ2v) is 5.70. The summed E-state index contributed by atoms with van der Waals surface area (Å²) in [6.07, 6.45) is 3.34. The lowest BCUT2D eigenvalue weighted by molar-refractivity contribution is 0.144. The summed E-state index contributed by atoms with van der Waals surface area (Å²) < 4.78 is 5.46. The van der Waals surface area contributed by atoms with Crippen LogP contribution in [-0.2, 0) is 10.2 Å². The molecule has 1 aliphatic rings. The van der Waals surface area contributed by atoms with Gasteiger partial charge in [-0.3, -0.25) is 0 Å². The molecule has 1 unspecified atom stereocenters. The van der Waals surface area contributed by atoms with Crippen molar-refractivity contribution in [3.05, 3.63) is 29.8 Å². The number of nitrogens with one attached hydrogen (secondary N) is 1. The first kappa shape index (κ1) is 13.9. The highest BCUT2D eigenvalue weighted by molar-refractivity contribution is 5.47. The molecule has 1 aliphatic heterocycles. The van der Waals surface area contributed by atoms with Crippen molar-refractivity contribution in [2.45, 2.75) is 44.6 Å². The molecule has 0 amide bonds. The van der Waals surface area contributed by atoms with Gasteiger partial charge in [-0.15, -0.1) is 0 Å². The third-order valence-electron chi connectivity index (χ3n) is 3.71. The van der Waals surface area contributed by atoms with Crippen LogP contribution in [0.4, 0.5) is 5.69 Å². The highest BCUT2D eigenvalue weighted by atomic mass is 16.5. The normalized spacial score (nSPS) is 20.4. The molecule has 0 radical (unpaired) electrons. The van der Waals surface area contributed by atoms with Crippen LogP contribution < -0.4 is 5.32 Å². The third kappa shape index (κ3) is 3.71. The SMILES string of the molecule is CC(C)(C#N)c1ccc(NC2CCCOCC2)cc1. The number of rotatable bonds is 3. The monoisotopic (exact) mass is 258 g/mol. The lowest BCUT2D eigenvalue weighted by Gasteiger charge is -2.19. The number of hydrogen-bond donors (Lipinski definition) is 1. The first-order valence-electron chi connectivity index (χ1n) is 6.98. The molecule has 0 aliphatic carbocycles. The lowest BCUT2D eigenvalue weighted by Crippen LogP contribution is -2.20. The van der Waals surface area contributed by atoms with Crippen molar-refractivity contribution in [1.82, 2.24) is 0 Å². The zero-order valence-electron chi connectivity index (χ0n) is 11.8. The third-order valence-corrected chi connectivity index (χ3v) is 3.71. The molecule has 102 valence electrons. The summed E-state index contributed by atoms with van der Waals surface area (Å²) in [7, 11) is 0. The summed E-state index contributed by atoms with van der Waals surface area (Å²) in [4.78, 5) is 0. The van der Waals surface area contributed by atoms with Crippen LogP contribution in [-0.4, -0.2) is 19.3 Å². The topological polar surface area (TPSA) is 45.0 Å². The molecule has 0 bridgehead atoms. The van der Waals surface area contributed by atoms with E-state index in [1.807, 2.05) is 26.0 Å². The Bertz CT molecular complexity index is 437. The predicted molar refractivity (Wildman–Crippen MR) is 77.2 cm³/mol. The van der Waals surface area contributed by atoms with Crippen LogP contribution in [0.2, 0.25) is 0 Å². The maximum atomic E-state index is 9.13. The van der Waals surface area contributed by atoms with E-state index in [4.69, 9.17) is 10.00 Å². The molecular formula is C16H22N2O. The number of benzene rings is 1. The van der Waals surface area contributed by atoms with Gasteiger partial charge >= 0.3 is 0 Å². The zero-order valence-corrected chi connectivity index (χ0v) is 11.8. The van der Waals surface area contributed by atoms with Crippen molar-refractivity contribution < 1.29 is 4.74 Å². The summed E-state index contributed by atoms with van der Waals surface area (Å²) in [6.45, 7) is 5.61. The second kappa shape index (κ2) is 6.08. The molecule has 2 rings (SSSR count). The number of ether oxygens (including phenoxy) is 1. The van der Waals surface area contributed by atoms with Crippen molar-refractivity contribution in [2.75, 3.05) is 18.5 Å². The minimum Gasteiger partial charge on any atom is -0.382 e. The predicted octanol–water partition coefficient (Wildman–Crippen LogP) is 3.47. The van der Waals surface area contributed by atoms with E-state index in [0.29, 0.717) is 6.04 Å². The molecule has 1 atom stereocenters. The Balaban J connectivity index is 2.00. The maximum Gasteiger partial charge on any atom is 0.0766 e. The van der Waals surface area contributed by atoms with Crippen LogP contribution >= 0.6 is 0 Å². The van der Waals surface area contributed by atoms with Gasteiger partial charge in [-0.05, 0) is 50.8 Å². The Morgan fingerprint density at radius 1 is 1.21 bits per heavy atom. The fraction of sp³-hybridized carbons (Fsp3) is 0.562. The highest BCUT2D eigenvalue weighted by Gasteiger charge is 2.19. The van der Waals surface area contributed by atoms with Crippen molar-refractivity contribution >= 4 is 5.69 Å². The van der Waals surface area contributed by atoms with E-state index in [1.54, 1.807) is 0 Å². The van der Waals surface area contributed by atoms with Gasteiger partial charge in [0, 0.05) is 24.9 Å². The van der Waals surface area contributed by atoms with E-state index < -0.39 is 5.41 Å². The van der Waals surface area contributed by atoms with E-state index in [1.165, 1.54) is 0 Å². The van der Waals surface area contributed by atoms with E-state index in [9.17, 15) is 0 Å². The van der Waals surface area contributed by atoms with E-state index >= 15 is 0 Å². The molecule has 1 saturated heterocycles. The lowest BCUT2D eigenvalue weighted by atomic mass is 9.86. The Hall–Kier alpha value is -1.53. The van der Waals surface area contributed by atoms with Crippen LogP contribution in [0.15, 0.2) is 24.3 Å². The van der Waals surface area contributed by atoms with Gasteiger partial charge in [0.15, 0.2) is 0 Å². The first-order chi connectivity index (χ1) is 9.12. The van der Waals surface area contributed by atoms with Crippen molar-refractivity contribution in [3.63, 3.8) is 0 Å². The van der Waals surface area contributed by atoms with Crippen LogP contribution in [0.25, 0.3) is 0 Å². The second-order valence-electron chi connectivity index (χ2n) is 5.70. The molecule has 3 nitrogen and oxygen atoms in total. The molecular weight excluding hydrogens is 236 g/mol. The van der Waals surface area contributed by atoms with Crippen molar-refractivity contribution in [1.29, 1.82) is 5.26 Å². The molecule has 1 fully saturated rings. The number of hydrogen-bond acceptors (Lipinski definition) is 3. The molecule has 0 aromatic heterocycles. The standard InChI is InChI=1S/C16H22N2O/c1-16(2,12-17)13-5-7-15(8-6-13)18-14-4-3-10-19-11-9-14/h5-8,14,18H,3-4,9-11H2,1-2H3. The highest BCUT2D eigenvalue weighted by Crippen LogP contribution is 2.24. The van der Waals surface area contributed by atoms with Crippen LogP contribution in [0.1, 0.15) is 38.7 Å². The average Bonchev–Trinajstić information content (AvgIpc) is 2.68. The summed E-state index contributed by atoms with van der Waals surface area (Å²) in [5.41, 5.74) is 1.77. The molecule has 1 aromatic carbocycles. The van der Waals surface area contributed by atoms with Crippen molar-refractivity contribution in [3.8, 4) is 6.07 Å². The van der Waals surface area contributed by atoms with Gasteiger partial charge in [-0.1, -0.05) is 12.1 Å². The fourth-order valence-corrected chi connectivity index (χ4v) is 2.33. The fourth-order valence-electron chi connectivity index (χ4n) is 2.33. The summed E-state index contributed by atoms with van der Waals surface area (Å²) in [5, 5.41) is 12.7. The molecule has 1 heterocycles. The van der Waals surface area contributed by atoms with Crippen LogP contribution in [0.3, 0.4) is 0 Å². The minimum atomic E-state index is -0.422. The molecule has 3 heteroatoms. The van der Waals surface area contributed by atoms with E-state index in [-0.39, 0.29) is 0 Å². The zero-order chi connectivity index (χ0) is 13.7. The van der Waals surface area contributed by atoms with Crippen molar-refractivity contribution in [2.24, 2.45) is 0 Å². The van der Waals surface area contributed by atoms with Gasteiger partial charge in [-0.25, -0.2) is 0 Å². The minimum absolute atomic E-state index is 0.422. The molecule has 0 saturated carbocycles. The Kier molecular flexibility index (Phi) is 4.44. The maximum absolute atomic E-state index is 9.13. The van der Waals surface area contributed by atoms with Crippen LogP contribution in [0, 0.1) is 11.3 Å². The van der Waals surface area contributed by atoms with Gasteiger partial charge in [0.05, 0.1) is 11.5 Å². The van der Waals surface area contributed by atoms with Crippen LogP contribution in [0.5, 0.6) is 0 Å². The molecule has 0 spiro atoms. The average molecular weight is 258 g/mol. The van der Waals surface area contributed by atoms with E-state index in [2.05, 4.69) is 23.5 Å². The van der Waals surface area contributed by atoms with E-state index in [0.717, 1.165) is 43.7 Å². The summed E-state index contributed by atoms with van der Waals surface area (Å²) in [5.74, 6) is 0. The van der Waals surface area contributed by atoms with Gasteiger partial charge in [0.2, 0.25) is 0 Å². The van der Waals surface area contributed by atoms with Gasteiger partial charge in [0.25, 0.3) is 0 Å². The molecule has 19 heavy (non-hydrogen) atoms. The molecule has 1 N–H and O–H groups in total. The summed E-state index contributed by atoms with van der Waals surface area (Å²) in [6, 6.07) is 11.0. The van der Waals surface area contributed by atoms with Gasteiger partial charge in [-0.2, -0.15) is 5.26 Å². The Morgan fingerprint density at radius 3 is 2.63 bits per heavy atom. The van der Waals surface area contributed by atoms with Gasteiger partial charge < -0.3 is 10.1 Å². The summed E-state index contributed by atoms with van der Waals surface area (Å²) >= 11 is 0. The largest absolute Gasteiger partial charge is 0.382 e. The Labute approximate surface area is 115 Å². The van der Waals surface area contributed by atoms with Gasteiger partial charge in [0.1, 0.15) is 0 Å². The first-order valence-corrected chi connectivity index (χ1v) is 6.98. The number of nitrogens with zero attached hydrogens (tertiary/aromatic N) is 1. The number of nitriles is 1. The quantitative estimate of drug-likeness (QED) is 0.903. The number of anilines is 1.